The number of carbonyl (C=O) groups is 4. The van der Waals surface area contributed by atoms with Gasteiger partial charge in [0.15, 0.2) is 0 Å². The Morgan fingerprint density at radius 3 is 1.19 bits per heavy atom. The zero-order valence-electron chi connectivity index (χ0n) is 32.4. The lowest BCUT2D eigenvalue weighted by molar-refractivity contribution is 0.0446. The molecule has 2 amide bonds. The maximum absolute atomic E-state index is 13.1. The number of pyridine rings is 2. The van der Waals surface area contributed by atoms with Crippen LogP contribution < -0.4 is 29.6 Å². The van der Waals surface area contributed by atoms with Crippen molar-refractivity contribution >= 4 is 23.8 Å². The van der Waals surface area contributed by atoms with Crippen molar-refractivity contribution in [2.24, 2.45) is 0 Å². The van der Waals surface area contributed by atoms with Crippen molar-refractivity contribution < 1.29 is 47.6 Å². The molecule has 58 heavy (non-hydrogen) atoms. The van der Waals surface area contributed by atoms with Gasteiger partial charge in [-0.05, 0) is 102 Å². The van der Waals surface area contributed by atoms with E-state index in [9.17, 15) is 19.2 Å². The number of hydrogen-bond acceptors (Lipinski definition) is 12. The number of amides is 2. The van der Waals surface area contributed by atoms with E-state index in [4.69, 9.17) is 28.4 Å². The minimum Gasteiger partial charge on any atom is -0.492 e. The van der Waals surface area contributed by atoms with Crippen molar-refractivity contribution in [3.63, 3.8) is 0 Å². The summed E-state index contributed by atoms with van der Waals surface area (Å²) in [6.45, 7) is 6.95. The van der Waals surface area contributed by atoms with E-state index in [0.717, 1.165) is 5.56 Å². The van der Waals surface area contributed by atoms with Crippen LogP contribution in [-0.4, -0.2) is 86.5 Å². The lowest BCUT2D eigenvalue weighted by Crippen LogP contribution is -2.28. The molecule has 3 aromatic carbocycles. The molecule has 0 radical (unpaired) electrons. The Kier molecular flexibility index (Phi) is 13.5. The van der Waals surface area contributed by atoms with Gasteiger partial charge in [-0.15, -0.1) is 0 Å². The van der Waals surface area contributed by atoms with Gasteiger partial charge in [-0.1, -0.05) is 20.8 Å². The zero-order valence-corrected chi connectivity index (χ0v) is 32.4. The minimum absolute atomic E-state index is 0.0283. The number of nitrogens with zero attached hydrogens (tertiary/aromatic N) is 2. The van der Waals surface area contributed by atoms with Gasteiger partial charge in [0, 0.05) is 23.5 Å². The molecule has 2 N–H and O–H groups in total. The summed E-state index contributed by atoms with van der Waals surface area (Å²) in [5.41, 5.74) is 2.43. The Morgan fingerprint density at radius 2 is 0.810 bits per heavy atom. The van der Waals surface area contributed by atoms with E-state index >= 15 is 0 Å². The van der Waals surface area contributed by atoms with Crippen molar-refractivity contribution in [1.29, 1.82) is 0 Å². The van der Waals surface area contributed by atoms with E-state index in [1.54, 1.807) is 84.9 Å². The average molecular weight is 789 g/mol. The molecule has 14 nitrogen and oxygen atoms in total. The van der Waals surface area contributed by atoms with Crippen LogP contribution >= 0.6 is 0 Å². The molecule has 9 rings (SSSR count). The molecule has 4 aliphatic rings. The first-order valence-electron chi connectivity index (χ1n) is 18.7. The van der Waals surface area contributed by atoms with Crippen LogP contribution in [0.25, 0.3) is 11.4 Å². The van der Waals surface area contributed by atoms with Gasteiger partial charge in [-0.3, -0.25) is 19.6 Å². The quantitative estimate of drug-likeness (QED) is 0.180. The van der Waals surface area contributed by atoms with E-state index in [1.807, 2.05) is 20.8 Å². The maximum Gasteiger partial charge on any atom is 0.338 e. The Morgan fingerprint density at radius 1 is 0.448 bits per heavy atom. The molecule has 14 heteroatoms. The van der Waals surface area contributed by atoms with Gasteiger partial charge in [0.25, 0.3) is 11.8 Å². The van der Waals surface area contributed by atoms with E-state index in [1.165, 1.54) is 18.5 Å². The molecular weight excluding hydrogens is 745 g/mol. The third-order valence-corrected chi connectivity index (χ3v) is 8.71. The topological polar surface area (TPSA) is 173 Å². The van der Waals surface area contributed by atoms with Crippen LogP contribution in [0.5, 0.6) is 23.0 Å². The molecule has 0 aliphatic carbocycles. The number of carbonyl (C=O) groups excluding carboxylic acids is 4. The molecule has 10 bridgehead atoms. The van der Waals surface area contributed by atoms with Crippen LogP contribution in [-0.2, 0) is 14.9 Å². The molecule has 0 spiro atoms. The highest BCUT2D eigenvalue weighted by Crippen LogP contribution is 2.26. The predicted octanol–water partition coefficient (Wildman–Crippen LogP) is 5.84. The predicted molar refractivity (Wildman–Crippen MR) is 213 cm³/mol. The van der Waals surface area contributed by atoms with E-state index in [2.05, 4.69) is 20.6 Å². The summed E-state index contributed by atoms with van der Waals surface area (Å²) in [5, 5.41) is 5.66. The van der Waals surface area contributed by atoms with Gasteiger partial charge >= 0.3 is 11.9 Å². The Bertz CT molecular complexity index is 2070. The van der Waals surface area contributed by atoms with Gasteiger partial charge in [-0.25, -0.2) is 9.59 Å². The second-order valence-corrected chi connectivity index (χ2v) is 14.0. The first-order chi connectivity index (χ1) is 28.0. The van der Waals surface area contributed by atoms with Gasteiger partial charge in [0.05, 0.1) is 35.6 Å². The minimum atomic E-state index is -0.602. The molecule has 0 fully saturated rings. The molecule has 2 aromatic heterocycles. The number of hydrogen-bond donors (Lipinski definition) is 2. The summed E-state index contributed by atoms with van der Waals surface area (Å²) in [4.78, 5) is 60.7. The van der Waals surface area contributed by atoms with Crippen LogP contribution in [0.3, 0.4) is 0 Å². The highest BCUT2D eigenvalue weighted by Gasteiger charge is 2.21. The molecule has 0 saturated carbocycles. The van der Waals surface area contributed by atoms with Crippen LogP contribution in [0.1, 0.15) is 67.8 Å². The fraction of sp³-hybridized carbons (Fsp3) is 0.273. The fourth-order valence-electron chi connectivity index (χ4n) is 5.61. The van der Waals surface area contributed by atoms with Gasteiger partial charge in [0.2, 0.25) is 0 Å². The highest BCUT2D eigenvalue weighted by atomic mass is 16.6. The first-order valence-corrected chi connectivity index (χ1v) is 18.7. The monoisotopic (exact) mass is 788 g/mol. The zero-order chi connectivity index (χ0) is 40.9. The number of ether oxygens (including phenoxy) is 6. The summed E-state index contributed by atoms with van der Waals surface area (Å²) >= 11 is 0. The smallest absolute Gasteiger partial charge is 0.338 e. The largest absolute Gasteiger partial charge is 0.492 e. The first kappa shape index (κ1) is 40.7. The summed E-state index contributed by atoms with van der Waals surface area (Å²) in [6.07, 6.45) is 3.02. The summed E-state index contributed by atoms with van der Waals surface area (Å²) in [6, 6.07) is 25.0. The molecule has 0 saturated heterocycles. The second kappa shape index (κ2) is 19.3. The summed E-state index contributed by atoms with van der Waals surface area (Å²) in [5.74, 6) is 0.371. The molecule has 0 atom stereocenters. The molecule has 5 aromatic rings. The van der Waals surface area contributed by atoms with Crippen LogP contribution in [0, 0.1) is 0 Å². The van der Waals surface area contributed by atoms with Crippen LogP contribution in [0.4, 0.5) is 0 Å². The fourth-order valence-corrected chi connectivity index (χ4v) is 5.61. The van der Waals surface area contributed by atoms with E-state index < -0.39 is 11.9 Å². The summed E-state index contributed by atoms with van der Waals surface area (Å²) in [7, 11) is 0. The highest BCUT2D eigenvalue weighted by molar-refractivity contribution is 5.97. The lowest BCUT2D eigenvalue weighted by Gasteiger charge is -2.21. The standard InChI is InChI=1S/C44H44N4O10/c1-44(2,3)33-25-31-24-32(26-33)43(52)58-23-21-56-37-10-6-35(7-11-37)54-19-17-48-41(50)30-13-15-46-39(28-30)38-27-29(12-14-45-38)40(49)47-16-18-53-34-4-8-36(9-5-34)55-20-22-57-42(31)51/h4-15,24-28H,16-23H2,1-3H3,(H,47,49)(H,48,50). The van der Waals surface area contributed by atoms with E-state index in [-0.39, 0.29) is 81.1 Å². The normalized spacial score (nSPS) is 15.2. The van der Waals surface area contributed by atoms with Gasteiger partial charge in [0.1, 0.15) is 62.6 Å². The van der Waals surface area contributed by atoms with Crippen LogP contribution in [0.2, 0.25) is 0 Å². The van der Waals surface area contributed by atoms with Crippen LogP contribution in [0.15, 0.2) is 103 Å². The third-order valence-electron chi connectivity index (χ3n) is 8.71. The van der Waals surface area contributed by atoms with E-state index in [0.29, 0.717) is 45.5 Å². The number of benzene rings is 3. The van der Waals surface area contributed by atoms with Gasteiger partial charge in [-0.2, -0.15) is 0 Å². The lowest BCUT2D eigenvalue weighted by atomic mass is 9.85. The van der Waals surface area contributed by atoms with Crippen molar-refractivity contribution in [2.75, 3.05) is 52.7 Å². The Balaban J connectivity index is 1.12. The third kappa shape index (κ3) is 11.5. The van der Waals surface area contributed by atoms with Crippen molar-refractivity contribution in [1.82, 2.24) is 20.6 Å². The number of rotatable bonds is 0. The molecular formula is C44H44N4O10. The Hall–Kier alpha value is -6.96. The average Bonchev–Trinajstić information content (AvgIpc) is 3.24. The van der Waals surface area contributed by atoms with Crippen molar-refractivity contribution in [3.8, 4) is 34.4 Å². The maximum atomic E-state index is 13.1. The molecule has 0 unspecified atom stereocenters. The molecule has 6 heterocycles. The number of nitrogens with one attached hydrogen (secondary N) is 2. The van der Waals surface area contributed by atoms with Gasteiger partial charge < -0.3 is 39.1 Å². The molecule has 4 aliphatic heterocycles. The second-order valence-electron chi connectivity index (χ2n) is 14.0. The van der Waals surface area contributed by atoms with Crippen molar-refractivity contribution in [3.05, 3.63) is 131 Å². The SMILES string of the molecule is CC(C)(C)c1cc2cc(c1)C(=O)OCCOc1ccc(cc1)OCCNC(=O)c1ccnc(c1)-c1cc(ccn1)C(=O)NCCOc1ccc(cc1)OCCOC2=O. The summed E-state index contributed by atoms with van der Waals surface area (Å²) < 4.78 is 34.0. The Labute approximate surface area is 335 Å². The number of aromatic nitrogens is 2. The molecule has 300 valence electrons. The van der Waals surface area contributed by atoms with Crippen molar-refractivity contribution in [2.45, 2.75) is 26.2 Å². The number of esters is 2.